The number of nitrogens with one attached hydrogen (secondary N) is 1. The number of carbonyl (C=O) groups is 4. The fraction of sp³-hybridized carbons (Fsp3) is 0.556. The van der Waals surface area contributed by atoms with Crippen LogP contribution in [0.4, 0.5) is 0 Å². The van der Waals surface area contributed by atoms with Crippen molar-refractivity contribution < 1.29 is 23.9 Å². The zero-order valence-corrected chi connectivity index (χ0v) is 40.6. The Morgan fingerprint density at radius 2 is 1.65 bits per heavy atom. The molecular formula is C54H66ClN7O6. The van der Waals surface area contributed by atoms with Crippen LogP contribution in [0.2, 0.25) is 5.02 Å². The van der Waals surface area contributed by atoms with Gasteiger partial charge in [-0.15, -0.1) is 0 Å². The second kappa shape index (κ2) is 19.4. The minimum atomic E-state index is -0.211. The molecule has 360 valence electrons. The van der Waals surface area contributed by atoms with Crippen LogP contribution in [-0.2, 0) is 31.8 Å². The van der Waals surface area contributed by atoms with E-state index in [1.807, 2.05) is 25.2 Å². The summed E-state index contributed by atoms with van der Waals surface area (Å²) in [5.41, 5.74) is 7.37. The fourth-order valence-electron chi connectivity index (χ4n) is 12.9. The molecule has 4 fully saturated rings. The summed E-state index contributed by atoms with van der Waals surface area (Å²) in [6.07, 6.45) is 15.0. The monoisotopic (exact) mass is 943 g/mol. The van der Waals surface area contributed by atoms with Crippen LogP contribution in [0.3, 0.4) is 0 Å². The molecule has 14 heteroatoms. The predicted molar refractivity (Wildman–Crippen MR) is 263 cm³/mol. The SMILES string of the molecule is CN1Cc2c(ccc3c2OCC32CCN(C(=O)CCN3CCC(N4CCC(c5ccc6c(c5)-n5c(nc(=O)c7c(Cl)cccc75)C65CCCCC5)CC4)CC3)CC2)C1=O.CNC(=O)CCCC=O. The minimum absolute atomic E-state index is 0.00292. The molecule has 1 saturated carbocycles. The summed E-state index contributed by atoms with van der Waals surface area (Å²) >= 11 is 6.62. The Bertz CT molecular complexity index is 2650. The van der Waals surface area contributed by atoms with Crippen LogP contribution in [0.1, 0.15) is 141 Å². The van der Waals surface area contributed by atoms with Crippen LogP contribution in [0.5, 0.6) is 5.75 Å². The highest BCUT2D eigenvalue weighted by Gasteiger charge is 2.48. The Kier molecular flexibility index (Phi) is 13.3. The van der Waals surface area contributed by atoms with Gasteiger partial charge in [0.25, 0.3) is 11.5 Å². The van der Waals surface area contributed by atoms with Crippen LogP contribution in [-0.4, -0.2) is 126 Å². The number of hydrogen-bond acceptors (Lipinski definition) is 9. The van der Waals surface area contributed by atoms with Crippen molar-refractivity contribution in [3.05, 3.63) is 97.5 Å². The normalized spacial score (nSPS) is 21.0. The van der Waals surface area contributed by atoms with Gasteiger partial charge in [-0.3, -0.25) is 23.7 Å². The topological polar surface area (TPSA) is 137 Å². The molecule has 0 atom stereocenters. The first-order chi connectivity index (χ1) is 33.0. The number of aldehydes is 1. The molecule has 3 aromatic carbocycles. The predicted octanol–water partition coefficient (Wildman–Crippen LogP) is 7.28. The van der Waals surface area contributed by atoms with Gasteiger partial charge in [-0.05, 0) is 125 Å². The number of ether oxygens (including phenoxy) is 1. The molecule has 3 amide bonds. The number of halogens is 1. The average Bonchev–Trinajstić information content (AvgIpc) is 3.97. The van der Waals surface area contributed by atoms with Crippen LogP contribution in [0, 0.1) is 0 Å². The Hall–Kier alpha value is -5.11. The van der Waals surface area contributed by atoms with Crippen molar-refractivity contribution in [1.82, 2.24) is 34.5 Å². The lowest BCUT2D eigenvalue weighted by molar-refractivity contribution is -0.133. The van der Waals surface area contributed by atoms with Gasteiger partial charge in [0.2, 0.25) is 11.8 Å². The fourth-order valence-corrected chi connectivity index (χ4v) is 13.2. The number of hydrogen-bond donors (Lipinski definition) is 1. The maximum atomic E-state index is 13.5. The number of likely N-dealkylation sites (tertiary alicyclic amines) is 3. The number of rotatable bonds is 9. The van der Waals surface area contributed by atoms with E-state index in [2.05, 4.69) is 48.8 Å². The number of benzene rings is 3. The molecule has 0 unspecified atom stereocenters. The first-order valence-corrected chi connectivity index (χ1v) is 25.7. The standard InChI is InChI=1S/C48H55ClN6O4.C6H11NO2/c1-51-29-35-34(45(51)58)9-11-37-43(35)59-30-47(37)19-26-54(27-20-47)41(56)16-23-52-21-14-33(15-22-52)53-24-12-31(13-25-53)32-8-10-36-40(28-32)55-39-7-5-6-38(49)42(39)44(57)50-46(55)48(36)17-3-2-4-18-48;1-7-6(9)4-2-3-5-8/h5-11,28,31,33H,2-4,12-27,29-30H2,1H3;5H,2-4H2,1H3,(H,7,9). The highest BCUT2D eigenvalue weighted by molar-refractivity contribution is 6.35. The van der Waals surface area contributed by atoms with Crippen LogP contribution in [0.25, 0.3) is 16.6 Å². The van der Waals surface area contributed by atoms with Crippen LogP contribution < -0.4 is 15.6 Å². The molecule has 68 heavy (non-hydrogen) atoms. The number of aromatic nitrogens is 2. The van der Waals surface area contributed by atoms with Crippen molar-refractivity contribution in [2.75, 3.05) is 66.5 Å². The van der Waals surface area contributed by atoms with Gasteiger partial charge in [0.1, 0.15) is 17.9 Å². The van der Waals surface area contributed by atoms with E-state index < -0.39 is 0 Å². The molecule has 6 aliphatic heterocycles. The summed E-state index contributed by atoms with van der Waals surface area (Å²) in [5, 5.41) is 3.46. The zero-order chi connectivity index (χ0) is 47.2. The third-order valence-electron chi connectivity index (χ3n) is 16.9. The van der Waals surface area contributed by atoms with Gasteiger partial charge >= 0.3 is 0 Å². The Morgan fingerprint density at radius 1 is 0.897 bits per heavy atom. The van der Waals surface area contributed by atoms with E-state index in [1.54, 1.807) is 18.0 Å². The molecule has 0 bridgehead atoms. The minimum Gasteiger partial charge on any atom is -0.492 e. The van der Waals surface area contributed by atoms with Crippen molar-refractivity contribution in [2.45, 2.75) is 126 Å². The van der Waals surface area contributed by atoms with Gasteiger partial charge in [0, 0.05) is 81.1 Å². The van der Waals surface area contributed by atoms with E-state index in [1.165, 1.54) is 28.8 Å². The molecule has 13 nitrogen and oxygen atoms in total. The lowest BCUT2D eigenvalue weighted by Crippen LogP contribution is -2.49. The maximum Gasteiger partial charge on any atom is 0.282 e. The van der Waals surface area contributed by atoms with E-state index >= 15 is 0 Å². The van der Waals surface area contributed by atoms with Gasteiger partial charge < -0.3 is 34.4 Å². The first-order valence-electron chi connectivity index (χ1n) is 25.3. The lowest BCUT2D eigenvalue weighted by Gasteiger charge is -2.42. The highest BCUT2D eigenvalue weighted by Crippen LogP contribution is 2.53. The van der Waals surface area contributed by atoms with E-state index in [0.29, 0.717) is 61.2 Å². The molecule has 1 N–H and O–H groups in total. The zero-order valence-electron chi connectivity index (χ0n) is 39.8. The summed E-state index contributed by atoms with van der Waals surface area (Å²) in [6, 6.07) is 17.7. The molecular weight excluding hydrogens is 878 g/mol. The first kappa shape index (κ1) is 46.6. The molecule has 0 radical (unpaired) electrons. The van der Waals surface area contributed by atoms with E-state index in [4.69, 9.17) is 21.3 Å². The maximum absolute atomic E-state index is 13.5. The third-order valence-corrected chi connectivity index (χ3v) is 17.2. The quantitative estimate of drug-likeness (QED) is 0.136. The molecule has 1 aliphatic carbocycles. The number of piperidine rings is 3. The summed E-state index contributed by atoms with van der Waals surface area (Å²) < 4.78 is 8.57. The van der Waals surface area contributed by atoms with E-state index in [-0.39, 0.29) is 34.1 Å². The summed E-state index contributed by atoms with van der Waals surface area (Å²) in [4.78, 5) is 73.5. The van der Waals surface area contributed by atoms with Gasteiger partial charge in [0.05, 0.1) is 40.2 Å². The number of unbranched alkanes of at least 4 members (excludes halogenated alkanes) is 1. The summed E-state index contributed by atoms with van der Waals surface area (Å²) in [5.74, 6) is 2.68. The van der Waals surface area contributed by atoms with E-state index in [9.17, 15) is 24.0 Å². The van der Waals surface area contributed by atoms with Gasteiger partial charge in [0.15, 0.2) is 0 Å². The molecule has 7 heterocycles. The second-order valence-electron chi connectivity index (χ2n) is 20.6. The van der Waals surface area contributed by atoms with Crippen molar-refractivity contribution in [3.63, 3.8) is 0 Å². The van der Waals surface area contributed by atoms with Gasteiger partial charge in [-0.1, -0.05) is 55.1 Å². The third kappa shape index (κ3) is 8.44. The molecule has 3 saturated heterocycles. The van der Waals surface area contributed by atoms with Crippen molar-refractivity contribution in [1.29, 1.82) is 0 Å². The Labute approximate surface area is 404 Å². The van der Waals surface area contributed by atoms with Gasteiger partial charge in [-0.25, -0.2) is 0 Å². The van der Waals surface area contributed by atoms with Crippen LogP contribution >= 0.6 is 11.6 Å². The smallest absolute Gasteiger partial charge is 0.282 e. The molecule has 11 rings (SSSR count). The highest BCUT2D eigenvalue weighted by atomic mass is 35.5. The van der Waals surface area contributed by atoms with Crippen molar-refractivity contribution in [2.24, 2.45) is 0 Å². The summed E-state index contributed by atoms with van der Waals surface area (Å²) in [7, 11) is 3.43. The molecule has 4 aromatic rings. The lowest BCUT2D eigenvalue weighted by atomic mass is 9.69. The van der Waals surface area contributed by atoms with E-state index in [0.717, 1.165) is 145 Å². The number of nitrogens with zero attached hydrogens (tertiary/aromatic N) is 6. The largest absolute Gasteiger partial charge is 0.492 e. The van der Waals surface area contributed by atoms with Gasteiger partial charge in [-0.2, -0.15) is 4.98 Å². The Morgan fingerprint density at radius 3 is 2.38 bits per heavy atom. The number of carbonyl (C=O) groups excluding carboxylic acids is 4. The summed E-state index contributed by atoms with van der Waals surface area (Å²) in [6.45, 7) is 7.95. The molecule has 2 spiro atoms. The second-order valence-corrected chi connectivity index (χ2v) is 21.0. The van der Waals surface area contributed by atoms with Crippen molar-refractivity contribution >= 4 is 46.5 Å². The Balaban J connectivity index is 0.000000546. The van der Waals surface area contributed by atoms with Crippen molar-refractivity contribution in [3.8, 4) is 11.4 Å². The van der Waals surface area contributed by atoms with Crippen LogP contribution in [0.15, 0.2) is 53.3 Å². The molecule has 7 aliphatic rings. The molecule has 1 aromatic heterocycles. The average molecular weight is 945 g/mol. The number of fused-ring (bicyclic) bond motifs is 11. The number of amides is 3.